The van der Waals surface area contributed by atoms with E-state index in [9.17, 15) is 20.0 Å². The summed E-state index contributed by atoms with van der Waals surface area (Å²) in [5, 5.41) is 26.4. The lowest BCUT2D eigenvalue weighted by molar-refractivity contribution is -0.384. The first-order valence-corrected chi connectivity index (χ1v) is 7.48. The summed E-state index contributed by atoms with van der Waals surface area (Å²) in [7, 11) is 0. The number of aliphatic hydroxyl groups is 1. The van der Waals surface area contributed by atoms with Gasteiger partial charge in [-0.1, -0.05) is 29.8 Å². The fourth-order valence-electron chi connectivity index (χ4n) is 2.02. The molecule has 1 unspecified atom stereocenters. The summed E-state index contributed by atoms with van der Waals surface area (Å²) in [5.41, 5.74) is 1.53. The fourth-order valence-corrected chi connectivity index (χ4v) is 2.14. The average Bonchev–Trinajstić information content (AvgIpc) is 2.55. The van der Waals surface area contributed by atoms with Crippen LogP contribution in [0.5, 0.6) is 0 Å². The lowest BCUT2D eigenvalue weighted by atomic mass is 10.1. The molecule has 2 amide bonds. The number of aliphatic hydroxyl groups excluding tert-OH is 1. The monoisotopic (exact) mass is 349 g/mol. The molecule has 2 rings (SSSR count). The van der Waals surface area contributed by atoms with Crippen molar-refractivity contribution in [1.82, 2.24) is 5.32 Å². The molecular weight excluding hydrogens is 334 g/mol. The quantitative estimate of drug-likeness (QED) is 0.568. The molecule has 24 heavy (non-hydrogen) atoms. The van der Waals surface area contributed by atoms with Crippen molar-refractivity contribution in [3.8, 4) is 0 Å². The van der Waals surface area contributed by atoms with Crippen LogP contribution in [0, 0.1) is 17.0 Å². The van der Waals surface area contributed by atoms with E-state index in [4.69, 9.17) is 11.6 Å². The van der Waals surface area contributed by atoms with Crippen LogP contribution in [-0.4, -0.2) is 22.6 Å². The van der Waals surface area contributed by atoms with Gasteiger partial charge in [-0.25, -0.2) is 4.79 Å². The summed E-state index contributed by atoms with van der Waals surface area (Å²) in [5.74, 6) is 0. The van der Waals surface area contributed by atoms with E-state index >= 15 is 0 Å². The van der Waals surface area contributed by atoms with Gasteiger partial charge in [-0.3, -0.25) is 10.1 Å². The Morgan fingerprint density at radius 2 is 1.96 bits per heavy atom. The maximum atomic E-state index is 11.9. The van der Waals surface area contributed by atoms with Crippen LogP contribution in [0.3, 0.4) is 0 Å². The average molecular weight is 350 g/mol. The summed E-state index contributed by atoms with van der Waals surface area (Å²) in [6.45, 7) is 1.71. The molecule has 0 fully saturated rings. The first-order chi connectivity index (χ1) is 11.4. The highest BCUT2D eigenvalue weighted by Crippen LogP contribution is 2.21. The van der Waals surface area contributed by atoms with Crippen molar-refractivity contribution in [3.63, 3.8) is 0 Å². The lowest BCUT2D eigenvalue weighted by Crippen LogP contribution is -2.32. The van der Waals surface area contributed by atoms with Gasteiger partial charge in [-0.15, -0.1) is 0 Å². The Balaban J connectivity index is 1.95. The molecule has 0 saturated heterocycles. The standard InChI is InChI=1S/C16H16ClN3O4/c1-10-2-7-13(20(23)24)8-14(10)19-16(22)18-9-15(21)11-3-5-12(17)6-4-11/h2-8,15,21H,9H2,1H3,(H2,18,19,22). The Kier molecular flexibility index (Phi) is 5.73. The molecule has 126 valence electrons. The maximum Gasteiger partial charge on any atom is 0.319 e. The van der Waals surface area contributed by atoms with Crippen LogP contribution in [0.1, 0.15) is 17.2 Å². The number of nitrogens with one attached hydrogen (secondary N) is 2. The minimum atomic E-state index is -0.890. The Bertz CT molecular complexity index is 749. The van der Waals surface area contributed by atoms with Gasteiger partial charge in [0, 0.05) is 23.7 Å². The topological polar surface area (TPSA) is 105 Å². The first kappa shape index (κ1) is 17.7. The number of anilines is 1. The van der Waals surface area contributed by atoms with E-state index in [1.54, 1.807) is 37.3 Å². The normalized spacial score (nSPS) is 11.6. The van der Waals surface area contributed by atoms with Crippen LogP contribution in [0.2, 0.25) is 5.02 Å². The van der Waals surface area contributed by atoms with Crippen molar-refractivity contribution < 1.29 is 14.8 Å². The fraction of sp³-hybridized carbons (Fsp3) is 0.188. The lowest BCUT2D eigenvalue weighted by Gasteiger charge is -2.14. The molecule has 1 atom stereocenters. The Morgan fingerprint density at radius 3 is 2.58 bits per heavy atom. The van der Waals surface area contributed by atoms with Crippen LogP contribution in [-0.2, 0) is 0 Å². The number of halogens is 1. The summed E-state index contributed by atoms with van der Waals surface area (Å²) < 4.78 is 0. The highest BCUT2D eigenvalue weighted by Gasteiger charge is 2.13. The van der Waals surface area contributed by atoms with Gasteiger partial charge in [-0.05, 0) is 30.2 Å². The highest BCUT2D eigenvalue weighted by atomic mass is 35.5. The van der Waals surface area contributed by atoms with E-state index in [1.165, 1.54) is 12.1 Å². The molecule has 0 radical (unpaired) electrons. The molecule has 0 aromatic heterocycles. The number of hydrogen-bond donors (Lipinski definition) is 3. The zero-order valence-corrected chi connectivity index (χ0v) is 13.6. The van der Waals surface area contributed by atoms with Crippen molar-refractivity contribution in [1.29, 1.82) is 0 Å². The van der Waals surface area contributed by atoms with Crippen LogP contribution in [0.25, 0.3) is 0 Å². The number of aryl methyl sites for hydroxylation is 1. The Morgan fingerprint density at radius 1 is 1.29 bits per heavy atom. The van der Waals surface area contributed by atoms with E-state index in [2.05, 4.69) is 10.6 Å². The molecule has 2 aromatic rings. The van der Waals surface area contributed by atoms with Crippen molar-refractivity contribution in [2.24, 2.45) is 0 Å². The molecule has 0 aliphatic heterocycles. The molecule has 2 aromatic carbocycles. The van der Waals surface area contributed by atoms with E-state index in [0.717, 1.165) is 0 Å². The summed E-state index contributed by atoms with van der Waals surface area (Å²) in [4.78, 5) is 22.2. The molecule has 0 saturated carbocycles. The molecule has 0 bridgehead atoms. The third-order valence-corrected chi connectivity index (χ3v) is 3.64. The number of hydrogen-bond acceptors (Lipinski definition) is 4. The Hall–Kier alpha value is -2.64. The second-order valence-electron chi connectivity index (χ2n) is 5.16. The number of nitrogens with zero attached hydrogens (tertiary/aromatic N) is 1. The third-order valence-electron chi connectivity index (χ3n) is 3.39. The van der Waals surface area contributed by atoms with Crippen LogP contribution < -0.4 is 10.6 Å². The largest absolute Gasteiger partial charge is 0.387 e. The van der Waals surface area contributed by atoms with Gasteiger partial charge in [0.1, 0.15) is 0 Å². The molecule has 0 spiro atoms. The SMILES string of the molecule is Cc1ccc([N+](=O)[O-])cc1NC(=O)NCC(O)c1ccc(Cl)cc1. The molecule has 0 heterocycles. The smallest absolute Gasteiger partial charge is 0.319 e. The molecule has 7 nitrogen and oxygen atoms in total. The predicted molar refractivity (Wildman–Crippen MR) is 91.3 cm³/mol. The summed E-state index contributed by atoms with van der Waals surface area (Å²) in [6.07, 6.45) is -0.890. The number of nitro groups is 1. The molecule has 0 aliphatic rings. The van der Waals surface area contributed by atoms with Gasteiger partial charge in [0.25, 0.3) is 5.69 Å². The second kappa shape index (κ2) is 7.76. The number of carbonyl (C=O) groups is 1. The van der Waals surface area contributed by atoms with Crippen molar-refractivity contribution in [2.75, 3.05) is 11.9 Å². The first-order valence-electron chi connectivity index (χ1n) is 7.10. The van der Waals surface area contributed by atoms with Gasteiger partial charge in [0.05, 0.1) is 16.7 Å². The highest BCUT2D eigenvalue weighted by molar-refractivity contribution is 6.30. The van der Waals surface area contributed by atoms with E-state index in [-0.39, 0.29) is 12.2 Å². The molecule has 8 heteroatoms. The van der Waals surface area contributed by atoms with Crippen molar-refractivity contribution in [3.05, 3.63) is 68.7 Å². The number of nitro benzene ring substituents is 1. The molecule has 3 N–H and O–H groups in total. The summed E-state index contributed by atoms with van der Waals surface area (Å²) >= 11 is 5.77. The maximum absolute atomic E-state index is 11.9. The number of urea groups is 1. The van der Waals surface area contributed by atoms with Gasteiger partial charge in [0.15, 0.2) is 0 Å². The number of non-ortho nitro benzene ring substituents is 1. The van der Waals surface area contributed by atoms with Crippen LogP contribution in [0.15, 0.2) is 42.5 Å². The predicted octanol–water partition coefficient (Wildman–Crippen LogP) is 3.41. The van der Waals surface area contributed by atoms with Crippen LogP contribution >= 0.6 is 11.6 Å². The summed E-state index contributed by atoms with van der Waals surface area (Å²) in [6, 6.07) is 10.3. The second-order valence-corrected chi connectivity index (χ2v) is 5.60. The number of rotatable bonds is 5. The van der Waals surface area contributed by atoms with Gasteiger partial charge < -0.3 is 15.7 Å². The van der Waals surface area contributed by atoms with Gasteiger partial charge in [-0.2, -0.15) is 0 Å². The number of amides is 2. The third kappa shape index (κ3) is 4.68. The zero-order valence-electron chi connectivity index (χ0n) is 12.8. The van der Waals surface area contributed by atoms with Crippen molar-refractivity contribution >= 4 is 29.0 Å². The van der Waals surface area contributed by atoms with Gasteiger partial charge in [0.2, 0.25) is 0 Å². The van der Waals surface area contributed by atoms with Crippen LogP contribution in [0.4, 0.5) is 16.2 Å². The molecular formula is C16H16ClN3O4. The van der Waals surface area contributed by atoms with Crippen molar-refractivity contribution in [2.45, 2.75) is 13.0 Å². The minimum absolute atomic E-state index is 0.0125. The van der Waals surface area contributed by atoms with E-state index < -0.39 is 17.1 Å². The van der Waals surface area contributed by atoms with E-state index in [0.29, 0.717) is 21.8 Å². The number of benzene rings is 2. The minimum Gasteiger partial charge on any atom is -0.387 e. The Labute approximate surface area is 143 Å². The molecule has 0 aliphatic carbocycles. The number of carbonyl (C=O) groups excluding carboxylic acids is 1. The zero-order chi connectivity index (χ0) is 17.7. The van der Waals surface area contributed by atoms with E-state index in [1.807, 2.05) is 0 Å². The van der Waals surface area contributed by atoms with Gasteiger partial charge >= 0.3 is 6.03 Å².